The van der Waals surface area contributed by atoms with Crippen molar-refractivity contribution >= 4 is 29.4 Å². The van der Waals surface area contributed by atoms with Crippen molar-refractivity contribution in [2.24, 2.45) is 0 Å². The number of rotatable bonds is 7. The summed E-state index contributed by atoms with van der Waals surface area (Å²) in [5.74, 6) is 0.596. The van der Waals surface area contributed by atoms with Gasteiger partial charge in [-0.25, -0.2) is 0 Å². The Morgan fingerprint density at radius 2 is 1.93 bits per heavy atom. The first kappa shape index (κ1) is 21.8. The van der Waals surface area contributed by atoms with Crippen LogP contribution in [0.2, 0.25) is 0 Å². The molecule has 0 fully saturated rings. The standard InChI is InChI=1S/C20H21N3O2.C2H6/c1-4-25-20-10-9-15(12-18(20)22-14-24)11-16(13-21)17-7-5-6-8-19(17)23(2)3;1-2/h5-12,14H,4H2,1-3H3,(H,22,24);1-2H3/b16-11+;. The molecule has 2 aromatic rings. The van der Waals surface area contributed by atoms with Crippen LogP contribution in [0, 0.1) is 11.3 Å². The Morgan fingerprint density at radius 1 is 1.22 bits per heavy atom. The predicted octanol–water partition coefficient (Wildman–Crippen LogP) is 4.81. The highest BCUT2D eigenvalue weighted by Crippen LogP contribution is 2.30. The van der Waals surface area contributed by atoms with Crippen LogP contribution in [0.1, 0.15) is 31.9 Å². The van der Waals surface area contributed by atoms with Crippen LogP contribution in [0.5, 0.6) is 5.75 Å². The van der Waals surface area contributed by atoms with Crippen LogP contribution in [0.3, 0.4) is 0 Å². The summed E-state index contributed by atoms with van der Waals surface area (Å²) in [6.45, 7) is 6.38. The number of allylic oxidation sites excluding steroid dienone is 1. The van der Waals surface area contributed by atoms with E-state index in [9.17, 15) is 10.1 Å². The molecule has 0 aromatic heterocycles. The lowest BCUT2D eigenvalue weighted by atomic mass is 10.0. The summed E-state index contributed by atoms with van der Waals surface area (Å²) in [6.07, 6.45) is 2.41. The van der Waals surface area contributed by atoms with Gasteiger partial charge in [-0.1, -0.05) is 38.1 Å². The summed E-state index contributed by atoms with van der Waals surface area (Å²) < 4.78 is 5.50. The first-order chi connectivity index (χ1) is 13.1. The van der Waals surface area contributed by atoms with E-state index in [2.05, 4.69) is 11.4 Å². The summed E-state index contributed by atoms with van der Waals surface area (Å²) in [5, 5.41) is 12.3. The van der Waals surface area contributed by atoms with Crippen molar-refractivity contribution in [3.8, 4) is 11.8 Å². The fourth-order valence-electron chi connectivity index (χ4n) is 2.52. The van der Waals surface area contributed by atoms with E-state index in [4.69, 9.17) is 4.74 Å². The Bertz CT molecular complexity index is 821. The molecule has 1 N–H and O–H groups in total. The maximum Gasteiger partial charge on any atom is 0.211 e. The number of para-hydroxylation sites is 1. The van der Waals surface area contributed by atoms with Gasteiger partial charge in [0.05, 0.1) is 23.9 Å². The normalized spacial score (nSPS) is 10.1. The van der Waals surface area contributed by atoms with Gasteiger partial charge in [0.2, 0.25) is 6.41 Å². The molecule has 0 aliphatic carbocycles. The first-order valence-corrected chi connectivity index (χ1v) is 8.96. The zero-order valence-electron chi connectivity index (χ0n) is 16.6. The molecule has 5 heteroatoms. The summed E-state index contributed by atoms with van der Waals surface area (Å²) in [5.41, 5.74) is 3.74. The predicted molar refractivity (Wildman–Crippen MR) is 113 cm³/mol. The van der Waals surface area contributed by atoms with Gasteiger partial charge in [0, 0.05) is 25.3 Å². The monoisotopic (exact) mass is 365 g/mol. The number of hydrogen-bond acceptors (Lipinski definition) is 4. The number of nitrogens with zero attached hydrogens (tertiary/aromatic N) is 2. The molecular formula is C22H27N3O2. The fraction of sp³-hybridized carbons (Fsp3) is 0.273. The molecule has 0 saturated carbocycles. The average molecular weight is 365 g/mol. The van der Waals surface area contributed by atoms with Crippen molar-refractivity contribution in [2.45, 2.75) is 20.8 Å². The Morgan fingerprint density at radius 3 is 2.52 bits per heavy atom. The fourth-order valence-corrected chi connectivity index (χ4v) is 2.52. The van der Waals surface area contributed by atoms with E-state index < -0.39 is 0 Å². The molecule has 0 unspecified atom stereocenters. The first-order valence-electron chi connectivity index (χ1n) is 8.96. The van der Waals surface area contributed by atoms with Gasteiger partial charge < -0.3 is 15.0 Å². The largest absolute Gasteiger partial charge is 0.492 e. The smallest absolute Gasteiger partial charge is 0.211 e. The Hall–Kier alpha value is -3.26. The van der Waals surface area contributed by atoms with Gasteiger partial charge in [-0.05, 0) is 36.8 Å². The average Bonchev–Trinajstić information content (AvgIpc) is 2.70. The minimum absolute atomic E-state index is 0.502. The van der Waals surface area contributed by atoms with Gasteiger partial charge in [0.15, 0.2) is 0 Å². The highest BCUT2D eigenvalue weighted by atomic mass is 16.5. The molecule has 0 heterocycles. The summed E-state index contributed by atoms with van der Waals surface area (Å²) in [7, 11) is 3.88. The van der Waals surface area contributed by atoms with E-state index >= 15 is 0 Å². The van der Waals surface area contributed by atoms with Crippen LogP contribution in [-0.2, 0) is 4.79 Å². The molecule has 1 amide bonds. The van der Waals surface area contributed by atoms with E-state index in [0.717, 1.165) is 16.8 Å². The zero-order valence-corrected chi connectivity index (χ0v) is 16.6. The minimum Gasteiger partial charge on any atom is -0.492 e. The van der Waals surface area contributed by atoms with Crippen molar-refractivity contribution in [3.05, 3.63) is 53.6 Å². The third kappa shape index (κ3) is 5.89. The van der Waals surface area contributed by atoms with Crippen LogP contribution >= 0.6 is 0 Å². The van der Waals surface area contributed by atoms with E-state index in [1.54, 1.807) is 18.2 Å². The third-order valence-electron chi connectivity index (χ3n) is 3.63. The molecule has 2 rings (SSSR count). The highest BCUT2D eigenvalue weighted by molar-refractivity contribution is 5.94. The molecule has 0 bridgehead atoms. The molecular weight excluding hydrogens is 338 g/mol. The van der Waals surface area contributed by atoms with E-state index in [1.807, 2.05) is 70.1 Å². The molecule has 0 aliphatic heterocycles. The molecule has 0 spiro atoms. The minimum atomic E-state index is 0.502. The second-order valence-electron chi connectivity index (χ2n) is 5.53. The van der Waals surface area contributed by atoms with Crippen molar-refractivity contribution in [3.63, 3.8) is 0 Å². The summed E-state index contributed by atoms with van der Waals surface area (Å²) in [6, 6.07) is 15.4. The maximum atomic E-state index is 10.8. The number of nitriles is 1. The SMILES string of the molecule is CC.CCOc1ccc(/C=C(\C#N)c2ccccc2N(C)C)cc1NC=O. The van der Waals surface area contributed by atoms with Crippen molar-refractivity contribution < 1.29 is 9.53 Å². The van der Waals surface area contributed by atoms with Crippen LogP contribution < -0.4 is 15.0 Å². The van der Waals surface area contributed by atoms with Gasteiger partial charge in [-0.15, -0.1) is 0 Å². The van der Waals surface area contributed by atoms with Crippen molar-refractivity contribution in [1.29, 1.82) is 5.26 Å². The van der Waals surface area contributed by atoms with Gasteiger partial charge in [0.1, 0.15) is 5.75 Å². The summed E-state index contributed by atoms with van der Waals surface area (Å²) >= 11 is 0. The molecule has 0 saturated heterocycles. The number of carbonyl (C=O) groups excluding carboxylic acids is 1. The van der Waals surface area contributed by atoms with Gasteiger partial charge in [0.25, 0.3) is 0 Å². The maximum absolute atomic E-state index is 10.8. The van der Waals surface area contributed by atoms with Gasteiger partial charge in [-0.2, -0.15) is 5.26 Å². The van der Waals surface area contributed by atoms with E-state index in [0.29, 0.717) is 30.0 Å². The third-order valence-corrected chi connectivity index (χ3v) is 3.63. The number of anilines is 2. The van der Waals surface area contributed by atoms with Crippen LogP contribution in [0.25, 0.3) is 11.6 Å². The van der Waals surface area contributed by atoms with Crippen molar-refractivity contribution in [1.82, 2.24) is 0 Å². The zero-order chi connectivity index (χ0) is 20.2. The van der Waals surface area contributed by atoms with E-state index in [-0.39, 0.29) is 0 Å². The number of benzene rings is 2. The molecule has 5 nitrogen and oxygen atoms in total. The van der Waals surface area contributed by atoms with Gasteiger partial charge >= 0.3 is 0 Å². The molecule has 0 aliphatic rings. The number of amides is 1. The Labute approximate surface area is 161 Å². The molecule has 0 radical (unpaired) electrons. The quantitative estimate of drug-likeness (QED) is 0.434. The lowest BCUT2D eigenvalue weighted by Gasteiger charge is -2.17. The number of nitrogens with one attached hydrogen (secondary N) is 1. The van der Waals surface area contributed by atoms with E-state index in [1.165, 1.54) is 0 Å². The van der Waals surface area contributed by atoms with Crippen LogP contribution in [0.4, 0.5) is 11.4 Å². The summed E-state index contributed by atoms with van der Waals surface area (Å²) in [4.78, 5) is 12.8. The lowest BCUT2D eigenvalue weighted by Crippen LogP contribution is -2.10. The molecule has 142 valence electrons. The topological polar surface area (TPSA) is 65.4 Å². The second-order valence-corrected chi connectivity index (χ2v) is 5.53. The molecule has 27 heavy (non-hydrogen) atoms. The van der Waals surface area contributed by atoms with Gasteiger partial charge in [-0.3, -0.25) is 4.79 Å². The number of ether oxygens (including phenoxy) is 1. The van der Waals surface area contributed by atoms with Crippen LogP contribution in [0.15, 0.2) is 42.5 Å². The number of hydrogen-bond donors (Lipinski definition) is 1. The van der Waals surface area contributed by atoms with Crippen LogP contribution in [-0.4, -0.2) is 27.1 Å². The number of carbonyl (C=O) groups is 1. The Balaban J connectivity index is 0.00000176. The second kappa shape index (κ2) is 11.4. The van der Waals surface area contributed by atoms with Crippen molar-refractivity contribution in [2.75, 3.05) is 30.9 Å². The molecule has 0 atom stereocenters. The molecule has 2 aromatic carbocycles. The lowest BCUT2D eigenvalue weighted by molar-refractivity contribution is -0.105. The Kier molecular flexibility index (Phi) is 9.18. The highest BCUT2D eigenvalue weighted by Gasteiger charge is 2.10.